The highest BCUT2D eigenvalue weighted by Gasteiger charge is 2.11. The number of rotatable bonds is 4. The zero-order valence-electron chi connectivity index (χ0n) is 8.80. The van der Waals surface area contributed by atoms with Gasteiger partial charge in [0.05, 0.1) is 5.56 Å². The van der Waals surface area contributed by atoms with Gasteiger partial charge < -0.3 is 15.6 Å². The Kier molecular flexibility index (Phi) is 3.72. The molecule has 5 nitrogen and oxygen atoms in total. The van der Waals surface area contributed by atoms with Crippen molar-refractivity contribution in [3.63, 3.8) is 0 Å². The van der Waals surface area contributed by atoms with Gasteiger partial charge in [0.15, 0.2) is 6.10 Å². The number of hydrogen-bond acceptors (Lipinski definition) is 4. The summed E-state index contributed by atoms with van der Waals surface area (Å²) in [7, 11) is 0. The maximum atomic E-state index is 10.7. The molecule has 1 unspecified atom stereocenters. The third-order valence-corrected chi connectivity index (χ3v) is 2.05. The van der Waals surface area contributed by atoms with Gasteiger partial charge in [0.2, 0.25) is 0 Å². The lowest BCUT2D eigenvalue weighted by Crippen LogP contribution is -2.12. The summed E-state index contributed by atoms with van der Waals surface area (Å²) >= 11 is 0. The van der Waals surface area contributed by atoms with Crippen molar-refractivity contribution in [3.05, 3.63) is 23.8 Å². The largest absolute Gasteiger partial charge is 0.478 e. The predicted molar refractivity (Wildman–Crippen MR) is 58.1 cm³/mol. The van der Waals surface area contributed by atoms with Gasteiger partial charge in [-0.15, -0.1) is 0 Å². The van der Waals surface area contributed by atoms with Crippen molar-refractivity contribution < 1.29 is 14.6 Å². The van der Waals surface area contributed by atoms with E-state index in [0.29, 0.717) is 12.2 Å². The van der Waals surface area contributed by atoms with Gasteiger partial charge in [0, 0.05) is 11.8 Å². The van der Waals surface area contributed by atoms with Crippen LogP contribution in [0.5, 0.6) is 5.75 Å². The molecule has 0 aliphatic carbocycles. The van der Waals surface area contributed by atoms with E-state index in [-0.39, 0.29) is 11.3 Å². The zero-order valence-corrected chi connectivity index (χ0v) is 8.80. The van der Waals surface area contributed by atoms with Crippen LogP contribution in [-0.2, 0) is 0 Å². The minimum Gasteiger partial charge on any atom is -0.478 e. The van der Waals surface area contributed by atoms with Gasteiger partial charge >= 0.3 is 5.97 Å². The average Bonchev–Trinajstić information content (AvgIpc) is 2.25. The number of carbonyl (C=O) groups is 1. The minimum absolute atomic E-state index is 0.0253. The van der Waals surface area contributed by atoms with Crippen molar-refractivity contribution in [3.8, 4) is 11.8 Å². The van der Waals surface area contributed by atoms with Crippen LogP contribution in [0.15, 0.2) is 18.2 Å². The Morgan fingerprint density at radius 3 is 2.81 bits per heavy atom. The van der Waals surface area contributed by atoms with E-state index in [0.717, 1.165) is 0 Å². The number of ether oxygens (including phenoxy) is 1. The lowest BCUT2D eigenvalue weighted by Gasteiger charge is -2.11. The molecule has 1 atom stereocenters. The van der Waals surface area contributed by atoms with Crippen LogP contribution in [0.4, 0.5) is 5.69 Å². The van der Waals surface area contributed by atoms with Crippen LogP contribution in [0.3, 0.4) is 0 Å². The zero-order chi connectivity index (χ0) is 12.1. The Balaban J connectivity index is 2.90. The highest BCUT2D eigenvalue weighted by molar-refractivity contribution is 5.93. The van der Waals surface area contributed by atoms with Crippen LogP contribution >= 0.6 is 0 Å². The number of carboxylic acids is 1. The molecule has 84 valence electrons. The molecule has 0 fully saturated rings. The first-order valence-electron chi connectivity index (χ1n) is 4.77. The van der Waals surface area contributed by atoms with Crippen LogP contribution in [0, 0.1) is 11.3 Å². The summed E-state index contributed by atoms with van der Waals surface area (Å²) in [5.74, 6) is -0.688. The first-order valence-corrected chi connectivity index (χ1v) is 4.77. The molecule has 1 aromatic carbocycles. The van der Waals surface area contributed by atoms with Crippen LogP contribution < -0.4 is 10.5 Å². The van der Waals surface area contributed by atoms with Gasteiger partial charge in [0.25, 0.3) is 0 Å². The van der Waals surface area contributed by atoms with E-state index in [1.54, 1.807) is 0 Å². The summed E-state index contributed by atoms with van der Waals surface area (Å²) in [6.07, 6.45) is 0.00644. The van der Waals surface area contributed by atoms with Crippen molar-refractivity contribution in [1.29, 1.82) is 5.26 Å². The Bertz CT molecular complexity index is 437. The molecule has 0 amide bonds. The topological polar surface area (TPSA) is 96.3 Å². The second kappa shape index (κ2) is 5.03. The summed E-state index contributed by atoms with van der Waals surface area (Å²) in [6.45, 7) is 1.82. The summed E-state index contributed by atoms with van der Waals surface area (Å²) in [5.41, 5.74) is 5.69. The Hall–Kier alpha value is -2.22. The molecule has 0 aliphatic rings. The molecule has 0 heterocycles. The van der Waals surface area contributed by atoms with Gasteiger partial charge in [0.1, 0.15) is 11.8 Å². The monoisotopic (exact) mass is 220 g/mol. The lowest BCUT2D eigenvalue weighted by atomic mass is 10.2. The van der Waals surface area contributed by atoms with Gasteiger partial charge in [-0.1, -0.05) is 6.92 Å². The molecule has 0 bridgehead atoms. The number of carboxylic acid groups (broad SMARTS) is 1. The summed E-state index contributed by atoms with van der Waals surface area (Å²) < 4.78 is 5.29. The van der Waals surface area contributed by atoms with Gasteiger partial charge in [-0.05, 0) is 18.6 Å². The Morgan fingerprint density at radius 2 is 2.38 bits per heavy atom. The third kappa shape index (κ3) is 2.64. The molecular formula is C11H12N2O3. The number of nitriles is 1. The molecular weight excluding hydrogens is 208 g/mol. The predicted octanol–water partition coefficient (Wildman–Crippen LogP) is 1.65. The van der Waals surface area contributed by atoms with Crippen LogP contribution in [-0.4, -0.2) is 17.2 Å². The fourth-order valence-corrected chi connectivity index (χ4v) is 1.17. The number of hydrogen-bond donors (Lipinski definition) is 2. The van der Waals surface area contributed by atoms with E-state index in [2.05, 4.69) is 0 Å². The number of nitrogen functional groups attached to an aromatic ring is 1. The van der Waals surface area contributed by atoms with E-state index in [4.69, 9.17) is 20.8 Å². The number of anilines is 1. The second-order valence-corrected chi connectivity index (χ2v) is 3.20. The minimum atomic E-state index is -1.09. The number of benzene rings is 1. The van der Waals surface area contributed by atoms with Crippen molar-refractivity contribution in [2.24, 2.45) is 0 Å². The van der Waals surface area contributed by atoms with Crippen molar-refractivity contribution in [1.82, 2.24) is 0 Å². The van der Waals surface area contributed by atoms with E-state index in [1.165, 1.54) is 18.2 Å². The highest BCUT2D eigenvalue weighted by Crippen LogP contribution is 2.21. The SMILES string of the molecule is CCC(C#N)Oc1ccc(C(=O)O)c(N)c1. The van der Waals surface area contributed by atoms with E-state index in [9.17, 15) is 4.79 Å². The van der Waals surface area contributed by atoms with E-state index < -0.39 is 12.1 Å². The van der Waals surface area contributed by atoms with Gasteiger partial charge in [-0.3, -0.25) is 0 Å². The quantitative estimate of drug-likeness (QED) is 0.752. The summed E-state index contributed by atoms with van der Waals surface area (Å²) in [5, 5.41) is 17.5. The average molecular weight is 220 g/mol. The summed E-state index contributed by atoms with van der Waals surface area (Å²) in [6, 6.07) is 6.23. The molecule has 5 heteroatoms. The van der Waals surface area contributed by atoms with Crippen molar-refractivity contribution >= 4 is 11.7 Å². The second-order valence-electron chi connectivity index (χ2n) is 3.20. The normalized spacial score (nSPS) is 11.5. The molecule has 0 aliphatic heterocycles. The molecule has 3 N–H and O–H groups in total. The highest BCUT2D eigenvalue weighted by atomic mass is 16.5. The Labute approximate surface area is 93.1 Å². The maximum Gasteiger partial charge on any atom is 0.337 e. The number of nitrogens with two attached hydrogens (primary N) is 1. The van der Waals surface area contributed by atoms with Crippen LogP contribution in [0.2, 0.25) is 0 Å². The van der Waals surface area contributed by atoms with Crippen LogP contribution in [0.1, 0.15) is 23.7 Å². The fourth-order valence-electron chi connectivity index (χ4n) is 1.17. The summed E-state index contributed by atoms with van der Waals surface area (Å²) in [4.78, 5) is 10.7. The molecule has 0 spiro atoms. The molecule has 16 heavy (non-hydrogen) atoms. The van der Waals surface area contributed by atoms with Gasteiger partial charge in [-0.25, -0.2) is 4.79 Å². The molecule has 1 aromatic rings. The molecule has 0 saturated carbocycles. The van der Waals surface area contributed by atoms with Crippen molar-refractivity contribution in [2.45, 2.75) is 19.4 Å². The van der Waals surface area contributed by atoms with Gasteiger partial charge in [-0.2, -0.15) is 5.26 Å². The van der Waals surface area contributed by atoms with E-state index in [1.807, 2.05) is 13.0 Å². The Morgan fingerprint density at radius 1 is 1.69 bits per heavy atom. The molecule has 0 radical (unpaired) electrons. The third-order valence-electron chi connectivity index (χ3n) is 2.05. The van der Waals surface area contributed by atoms with Crippen molar-refractivity contribution in [2.75, 3.05) is 5.73 Å². The lowest BCUT2D eigenvalue weighted by molar-refractivity contribution is 0.0698. The molecule has 1 rings (SSSR count). The first-order chi connectivity index (χ1) is 7.58. The standard InChI is InChI=1S/C11H12N2O3/c1-2-7(6-12)16-8-3-4-9(11(14)15)10(13)5-8/h3-5,7H,2,13H2,1H3,(H,14,15). The van der Waals surface area contributed by atoms with Crippen LogP contribution in [0.25, 0.3) is 0 Å². The number of nitrogens with zero attached hydrogens (tertiary/aromatic N) is 1. The number of aromatic carboxylic acids is 1. The smallest absolute Gasteiger partial charge is 0.337 e. The molecule has 0 saturated heterocycles. The van der Waals surface area contributed by atoms with E-state index >= 15 is 0 Å². The first kappa shape index (κ1) is 11.9. The molecule has 0 aromatic heterocycles. The fraction of sp³-hybridized carbons (Fsp3) is 0.273. The maximum absolute atomic E-state index is 10.7.